The van der Waals surface area contributed by atoms with Gasteiger partial charge in [-0.15, -0.1) is 0 Å². The summed E-state index contributed by atoms with van der Waals surface area (Å²) in [5.41, 5.74) is 1.31. The van der Waals surface area contributed by atoms with E-state index in [4.69, 9.17) is 9.15 Å². The van der Waals surface area contributed by atoms with E-state index < -0.39 is 5.60 Å². The molecule has 128 valence electrons. The zero-order valence-corrected chi connectivity index (χ0v) is 14.0. The van der Waals surface area contributed by atoms with Crippen LogP contribution in [0.3, 0.4) is 0 Å². The molecule has 1 saturated heterocycles. The summed E-state index contributed by atoms with van der Waals surface area (Å²) >= 11 is 0. The Bertz CT molecular complexity index is 685. The summed E-state index contributed by atoms with van der Waals surface area (Å²) in [5, 5.41) is 14.1. The maximum atomic E-state index is 10.7. The first-order chi connectivity index (χ1) is 11.6. The number of nitrogens with zero attached hydrogens (tertiary/aromatic N) is 1. The van der Waals surface area contributed by atoms with Crippen molar-refractivity contribution in [3.05, 3.63) is 36.4 Å². The third-order valence-electron chi connectivity index (χ3n) is 5.17. The molecule has 1 unspecified atom stereocenters. The van der Waals surface area contributed by atoms with Crippen molar-refractivity contribution in [3.8, 4) is 11.3 Å². The predicted octanol–water partition coefficient (Wildman–Crippen LogP) is 3.56. The third-order valence-corrected chi connectivity index (χ3v) is 5.17. The number of aromatic nitrogens is 1. The van der Waals surface area contributed by atoms with Crippen LogP contribution < -0.4 is 5.32 Å². The Morgan fingerprint density at radius 3 is 2.58 bits per heavy atom. The summed E-state index contributed by atoms with van der Waals surface area (Å²) in [6.45, 7) is 3.27. The second-order valence-electron chi connectivity index (χ2n) is 7.00. The van der Waals surface area contributed by atoms with Crippen LogP contribution in [0.2, 0.25) is 0 Å². The van der Waals surface area contributed by atoms with Gasteiger partial charge < -0.3 is 19.6 Å². The highest BCUT2D eigenvalue weighted by molar-refractivity contribution is 5.61. The average molecular weight is 328 g/mol. The summed E-state index contributed by atoms with van der Waals surface area (Å²) in [6, 6.07) is 8.07. The van der Waals surface area contributed by atoms with Gasteiger partial charge in [-0.3, -0.25) is 0 Å². The van der Waals surface area contributed by atoms with Gasteiger partial charge in [0.15, 0.2) is 11.7 Å². The first-order valence-electron chi connectivity index (χ1n) is 8.77. The fourth-order valence-electron chi connectivity index (χ4n) is 3.21. The quantitative estimate of drug-likeness (QED) is 0.878. The first kappa shape index (κ1) is 15.7. The number of oxazole rings is 1. The molecule has 2 N–H and O–H groups in total. The van der Waals surface area contributed by atoms with E-state index in [2.05, 4.69) is 10.3 Å². The van der Waals surface area contributed by atoms with Gasteiger partial charge in [0.1, 0.15) is 0 Å². The Balaban J connectivity index is 1.43. The van der Waals surface area contributed by atoms with Crippen molar-refractivity contribution in [1.82, 2.24) is 4.98 Å². The minimum atomic E-state index is -0.707. The minimum absolute atomic E-state index is 0.0287. The number of nitrogens with one attached hydrogen (secondary N) is 1. The smallest absolute Gasteiger partial charge is 0.198 e. The number of hydrogen-bond donors (Lipinski definition) is 2. The van der Waals surface area contributed by atoms with Gasteiger partial charge in [-0.1, -0.05) is 0 Å². The lowest BCUT2D eigenvalue weighted by Gasteiger charge is -2.38. The summed E-state index contributed by atoms with van der Waals surface area (Å²) in [7, 11) is 0. The van der Waals surface area contributed by atoms with Crippen LogP contribution in [0.1, 0.15) is 44.4 Å². The standard InChI is InChI=1S/C19H24N2O3/c1-13(19(22)8-10-23-11-9-19)21-16-6-4-14(5-7-16)17-12-20-18(24-17)15-2-3-15/h4-7,12-13,15,21-22H,2-3,8-11H2,1H3. The Kier molecular flexibility index (Phi) is 4.06. The number of hydrogen-bond acceptors (Lipinski definition) is 5. The largest absolute Gasteiger partial charge is 0.440 e. The van der Waals surface area contributed by atoms with Crippen LogP contribution in [0.4, 0.5) is 5.69 Å². The lowest BCUT2D eigenvalue weighted by molar-refractivity contribution is -0.0711. The van der Waals surface area contributed by atoms with Crippen LogP contribution in [0.25, 0.3) is 11.3 Å². The number of rotatable bonds is 5. The first-order valence-corrected chi connectivity index (χ1v) is 8.77. The molecule has 24 heavy (non-hydrogen) atoms. The molecule has 5 nitrogen and oxygen atoms in total. The van der Waals surface area contributed by atoms with Crippen LogP contribution in [-0.4, -0.2) is 34.9 Å². The molecule has 5 heteroatoms. The second kappa shape index (κ2) is 6.22. The monoisotopic (exact) mass is 328 g/mol. The van der Waals surface area contributed by atoms with Crippen molar-refractivity contribution in [3.63, 3.8) is 0 Å². The Morgan fingerprint density at radius 2 is 1.92 bits per heavy atom. The molecule has 0 spiro atoms. The van der Waals surface area contributed by atoms with E-state index in [0.29, 0.717) is 32.0 Å². The maximum absolute atomic E-state index is 10.7. The van der Waals surface area contributed by atoms with Crippen molar-refractivity contribution in [1.29, 1.82) is 0 Å². The third kappa shape index (κ3) is 3.19. The highest BCUT2D eigenvalue weighted by atomic mass is 16.5. The van der Waals surface area contributed by atoms with E-state index in [1.807, 2.05) is 37.4 Å². The zero-order valence-electron chi connectivity index (χ0n) is 14.0. The van der Waals surface area contributed by atoms with E-state index in [-0.39, 0.29) is 6.04 Å². The fourth-order valence-corrected chi connectivity index (χ4v) is 3.21. The van der Waals surface area contributed by atoms with E-state index in [1.54, 1.807) is 0 Å². The predicted molar refractivity (Wildman–Crippen MR) is 92.0 cm³/mol. The molecular weight excluding hydrogens is 304 g/mol. The molecule has 1 aromatic carbocycles. The lowest BCUT2D eigenvalue weighted by atomic mass is 9.87. The molecule has 2 aromatic rings. The van der Waals surface area contributed by atoms with Gasteiger partial charge in [-0.05, 0) is 44.0 Å². The summed E-state index contributed by atoms with van der Waals surface area (Å²) in [4.78, 5) is 4.37. The molecule has 2 fully saturated rings. The number of anilines is 1. The molecule has 1 aromatic heterocycles. The number of aliphatic hydroxyl groups is 1. The van der Waals surface area contributed by atoms with Crippen molar-refractivity contribution < 1.29 is 14.3 Å². The van der Waals surface area contributed by atoms with E-state index >= 15 is 0 Å². The topological polar surface area (TPSA) is 67.5 Å². The van der Waals surface area contributed by atoms with Crippen LogP contribution in [-0.2, 0) is 4.74 Å². The minimum Gasteiger partial charge on any atom is -0.440 e. The van der Waals surface area contributed by atoms with Crippen molar-refractivity contribution in [2.24, 2.45) is 0 Å². The second-order valence-corrected chi connectivity index (χ2v) is 7.00. The molecule has 4 rings (SSSR count). The molecule has 0 bridgehead atoms. The Morgan fingerprint density at radius 1 is 1.21 bits per heavy atom. The van der Waals surface area contributed by atoms with Gasteiger partial charge in [0, 0.05) is 43.2 Å². The van der Waals surface area contributed by atoms with E-state index in [0.717, 1.165) is 22.9 Å². The molecule has 1 aliphatic heterocycles. The molecule has 0 radical (unpaired) electrons. The summed E-state index contributed by atoms with van der Waals surface area (Å²) < 4.78 is 11.2. The normalized spacial score (nSPS) is 21.4. The maximum Gasteiger partial charge on any atom is 0.198 e. The van der Waals surface area contributed by atoms with E-state index in [9.17, 15) is 5.11 Å². The van der Waals surface area contributed by atoms with Crippen molar-refractivity contribution in [2.75, 3.05) is 18.5 Å². The Labute approximate surface area is 142 Å². The molecule has 2 heterocycles. The van der Waals surface area contributed by atoms with Gasteiger partial charge in [0.2, 0.25) is 0 Å². The lowest BCUT2D eigenvalue weighted by Crippen LogP contribution is -2.49. The SMILES string of the molecule is CC(Nc1ccc(-c2cnc(C3CC3)o2)cc1)C1(O)CCOCC1. The van der Waals surface area contributed by atoms with Crippen LogP contribution in [0, 0.1) is 0 Å². The summed E-state index contributed by atoms with van der Waals surface area (Å²) in [6.07, 6.45) is 5.52. The van der Waals surface area contributed by atoms with Gasteiger partial charge in [-0.25, -0.2) is 4.98 Å². The molecular formula is C19H24N2O3. The molecule has 1 saturated carbocycles. The highest BCUT2D eigenvalue weighted by Gasteiger charge is 2.35. The van der Waals surface area contributed by atoms with Crippen LogP contribution in [0.15, 0.2) is 34.9 Å². The fraction of sp³-hybridized carbons (Fsp3) is 0.526. The van der Waals surface area contributed by atoms with E-state index in [1.165, 1.54) is 12.8 Å². The number of benzene rings is 1. The number of ether oxygens (including phenoxy) is 1. The van der Waals surface area contributed by atoms with Gasteiger partial charge >= 0.3 is 0 Å². The summed E-state index contributed by atoms with van der Waals surface area (Å²) in [5.74, 6) is 2.21. The average Bonchev–Trinajstić information content (AvgIpc) is 3.33. The van der Waals surface area contributed by atoms with Crippen molar-refractivity contribution in [2.45, 2.75) is 50.2 Å². The van der Waals surface area contributed by atoms with Crippen molar-refractivity contribution >= 4 is 5.69 Å². The van der Waals surface area contributed by atoms with Gasteiger partial charge in [-0.2, -0.15) is 0 Å². The van der Waals surface area contributed by atoms with Crippen LogP contribution in [0.5, 0.6) is 0 Å². The van der Waals surface area contributed by atoms with Gasteiger partial charge in [0.05, 0.1) is 17.8 Å². The molecule has 0 amide bonds. The highest BCUT2D eigenvalue weighted by Crippen LogP contribution is 2.40. The molecule has 2 aliphatic rings. The molecule has 1 atom stereocenters. The Hall–Kier alpha value is -1.85. The molecule has 1 aliphatic carbocycles. The zero-order chi connectivity index (χ0) is 16.6. The van der Waals surface area contributed by atoms with Crippen LogP contribution >= 0.6 is 0 Å². The van der Waals surface area contributed by atoms with Gasteiger partial charge in [0.25, 0.3) is 0 Å².